The fourth-order valence-electron chi connectivity index (χ4n) is 1.52. The molecule has 1 heterocycles. The molecule has 0 spiro atoms. The van der Waals surface area contributed by atoms with Crippen molar-refractivity contribution in [3.63, 3.8) is 0 Å². The van der Waals surface area contributed by atoms with Crippen LogP contribution >= 0.6 is 0 Å². The van der Waals surface area contributed by atoms with Gasteiger partial charge in [0.2, 0.25) is 15.9 Å². The first-order valence-corrected chi connectivity index (χ1v) is 7.82. The molecule has 0 aliphatic rings. The molecule has 1 amide bonds. The predicted octanol–water partition coefficient (Wildman–Crippen LogP) is 0.272. The van der Waals surface area contributed by atoms with Gasteiger partial charge in [0.25, 0.3) is 0 Å². The second-order valence-corrected chi connectivity index (χ2v) is 6.47. The summed E-state index contributed by atoms with van der Waals surface area (Å²) in [5, 5.41) is 2.70. The zero-order chi connectivity index (χ0) is 14.5. The summed E-state index contributed by atoms with van der Waals surface area (Å²) in [7, 11) is -3.42. The Bertz CT molecular complexity index is 514. The first-order chi connectivity index (χ1) is 8.79. The molecule has 0 bridgehead atoms. The van der Waals surface area contributed by atoms with Crippen molar-refractivity contribution in [2.24, 2.45) is 5.92 Å². The number of rotatable bonds is 6. The van der Waals surface area contributed by atoms with Crippen molar-refractivity contribution in [1.82, 2.24) is 15.0 Å². The zero-order valence-electron chi connectivity index (χ0n) is 11.3. The Morgan fingerprint density at radius 2 is 2.11 bits per heavy atom. The highest BCUT2D eigenvalue weighted by Gasteiger charge is 2.24. The van der Waals surface area contributed by atoms with E-state index in [2.05, 4.69) is 15.0 Å². The van der Waals surface area contributed by atoms with Crippen molar-refractivity contribution in [3.8, 4) is 0 Å². The first kappa shape index (κ1) is 15.6. The Hall–Kier alpha value is -1.47. The van der Waals surface area contributed by atoms with Gasteiger partial charge in [0.15, 0.2) is 0 Å². The number of aromatic nitrogens is 1. The van der Waals surface area contributed by atoms with Crippen molar-refractivity contribution < 1.29 is 13.2 Å². The van der Waals surface area contributed by atoms with Gasteiger partial charge in [-0.25, -0.2) is 13.1 Å². The lowest BCUT2D eigenvalue weighted by Crippen LogP contribution is -2.49. The van der Waals surface area contributed by atoms with Crippen LogP contribution in [0.4, 0.5) is 0 Å². The van der Waals surface area contributed by atoms with Crippen LogP contribution in [0.15, 0.2) is 24.5 Å². The van der Waals surface area contributed by atoms with Crippen LogP contribution < -0.4 is 10.0 Å². The summed E-state index contributed by atoms with van der Waals surface area (Å²) in [6.45, 7) is 3.89. The smallest absolute Gasteiger partial charge is 0.238 e. The average molecular weight is 285 g/mol. The first-order valence-electron chi connectivity index (χ1n) is 5.93. The molecule has 1 atom stereocenters. The third-order valence-electron chi connectivity index (χ3n) is 2.48. The maximum absolute atomic E-state index is 12.0. The normalized spacial score (nSPS) is 13.3. The van der Waals surface area contributed by atoms with Crippen LogP contribution in [0.2, 0.25) is 0 Å². The molecule has 1 rings (SSSR count). The van der Waals surface area contributed by atoms with E-state index in [9.17, 15) is 13.2 Å². The fourth-order valence-corrected chi connectivity index (χ4v) is 2.37. The second kappa shape index (κ2) is 6.63. The van der Waals surface area contributed by atoms with Gasteiger partial charge in [-0.1, -0.05) is 19.9 Å². The molecule has 0 radical (unpaired) electrons. The van der Waals surface area contributed by atoms with Crippen LogP contribution in [0.3, 0.4) is 0 Å². The lowest BCUT2D eigenvalue weighted by molar-refractivity contribution is -0.123. The summed E-state index contributed by atoms with van der Waals surface area (Å²) in [5.74, 6) is -0.479. The summed E-state index contributed by atoms with van der Waals surface area (Å²) >= 11 is 0. The SMILES string of the molecule is CC(C)[C@@H](NS(C)(=O)=O)C(=O)NCc1cccnc1. The number of hydrogen-bond donors (Lipinski definition) is 2. The fraction of sp³-hybridized carbons (Fsp3) is 0.500. The predicted molar refractivity (Wildman–Crippen MR) is 72.7 cm³/mol. The maximum atomic E-state index is 12.0. The molecule has 0 saturated heterocycles. The van der Waals surface area contributed by atoms with Gasteiger partial charge in [0.05, 0.1) is 6.26 Å². The molecule has 19 heavy (non-hydrogen) atoms. The van der Waals surface area contributed by atoms with E-state index in [1.807, 2.05) is 6.07 Å². The highest BCUT2D eigenvalue weighted by molar-refractivity contribution is 7.88. The number of pyridine rings is 1. The molecule has 0 saturated carbocycles. The number of nitrogens with zero attached hydrogens (tertiary/aromatic N) is 1. The number of amides is 1. The monoisotopic (exact) mass is 285 g/mol. The third kappa shape index (κ3) is 5.80. The molecule has 106 valence electrons. The highest BCUT2D eigenvalue weighted by atomic mass is 32.2. The van der Waals surface area contributed by atoms with E-state index in [0.29, 0.717) is 6.54 Å². The molecule has 7 heteroatoms. The molecule has 2 N–H and O–H groups in total. The van der Waals surface area contributed by atoms with Crippen LogP contribution in [0.1, 0.15) is 19.4 Å². The standard InChI is InChI=1S/C12H19N3O3S/c1-9(2)11(15-19(3,17)18)12(16)14-8-10-5-4-6-13-7-10/h4-7,9,11,15H,8H2,1-3H3,(H,14,16)/t11-/m1/s1. The zero-order valence-corrected chi connectivity index (χ0v) is 12.1. The van der Waals surface area contributed by atoms with Crippen LogP contribution in [0, 0.1) is 5.92 Å². The highest BCUT2D eigenvalue weighted by Crippen LogP contribution is 2.04. The second-order valence-electron chi connectivity index (χ2n) is 4.69. The maximum Gasteiger partial charge on any atom is 0.238 e. The van der Waals surface area contributed by atoms with Gasteiger partial charge in [-0.15, -0.1) is 0 Å². The number of carbonyl (C=O) groups is 1. The third-order valence-corrected chi connectivity index (χ3v) is 3.16. The Morgan fingerprint density at radius 3 is 2.58 bits per heavy atom. The lowest BCUT2D eigenvalue weighted by Gasteiger charge is -2.20. The molecule has 0 fully saturated rings. The van der Waals surface area contributed by atoms with Crippen molar-refractivity contribution in [3.05, 3.63) is 30.1 Å². The Morgan fingerprint density at radius 1 is 1.42 bits per heavy atom. The van der Waals surface area contributed by atoms with Crippen molar-refractivity contribution in [2.75, 3.05) is 6.26 Å². The van der Waals surface area contributed by atoms with Crippen LogP contribution in [0.5, 0.6) is 0 Å². The van der Waals surface area contributed by atoms with Gasteiger partial charge >= 0.3 is 0 Å². The average Bonchev–Trinajstić information content (AvgIpc) is 2.33. The Kier molecular flexibility index (Phi) is 5.44. The van der Waals surface area contributed by atoms with E-state index < -0.39 is 16.1 Å². The molecule has 0 unspecified atom stereocenters. The Balaban J connectivity index is 2.63. The van der Waals surface area contributed by atoms with Gasteiger partial charge in [0, 0.05) is 18.9 Å². The molecule has 6 nitrogen and oxygen atoms in total. The summed E-state index contributed by atoms with van der Waals surface area (Å²) < 4.78 is 24.8. The number of nitrogens with one attached hydrogen (secondary N) is 2. The van der Waals surface area contributed by atoms with Crippen molar-refractivity contribution in [1.29, 1.82) is 0 Å². The molecular formula is C12H19N3O3S. The van der Waals surface area contributed by atoms with Crippen LogP contribution in [-0.2, 0) is 21.4 Å². The number of sulfonamides is 1. The molecule has 0 aromatic carbocycles. The van der Waals surface area contributed by atoms with E-state index >= 15 is 0 Å². The quantitative estimate of drug-likeness (QED) is 0.785. The van der Waals surface area contributed by atoms with Crippen molar-refractivity contribution >= 4 is 15.9 Å². The Labute approximate surface area is 113 Å². The lowest BCUT2D eigenvalue weighted by atomic mass is 10.0. The van der Waals surface area contributed by atoms with Crippen LogP contribution in [-0.4, -0.2) is 31.6 Å². The minimum absolute atomic E-state index is 0.136. The van der Waals surface area contributed by atoms with E-state index in [1.54, 1.807) is 32.3 Å². The topological polar surface area (TPSA) is 88.2 Å². The van der Waals surface area contributed by atoms with E-state index in [-0.39, 0.29) is 11.8 Å². The molecule has 1 aromatic heterocycles. The summed E-state index contributed by atoms with van der Waals surface area (Å²) in [6, 6.07) is 2.84. The minimum atomic E-state index is -3.42. The summed E-state index contributed by atoms with van der Waals surface area (Å²) in [6.07, 6.45) is 4.33. The van der Waals surface area contributed by atoms with E-state index in [1.165, 1.54) is 0 Å². The van der Waals surface area contributed by atoms with E-state index in [4.69, 9.17) is 0 Å². The number of hydrogen-bond acceptors (Lipinski definition) is 4. The molecular weight excluding hydrogens is 266 g/mol. The molecule has 0 aliphatic heterocycles. The number of carbonyl (C=O) groups excluding carboxylic acids is 1. The van der Waals surface area contributed by atoms with E-state index in [0.717, 1.165) is 11.8 Å². The van der Waals surface area contributed by atoms with Gasteiger partial charge in [-0.05, 0) is 17.5 Å². The minimum Gasteiger partial charge on any atom is -0.351 e. The van der Waals surface area contributed by atoms with Gasteiger partial charge in [-0.2, -0.15) is 0 Å². The van der Waals surface area contributed by atoms with Crippen LogP contribution in [0.25, 0.3) is 0 Å². The molecule has 0 aliphatic carbocycles. The largest absolute Gasteiger partial charge is 0.351 e. The molecule has 1 aromatic rings. The summed E-state index contributed by atoms with van der Waals surface area (Å²) in [5.41, 5.74) is 0.859. The summed E-state index contributed by atoms with van der Waals surface area (Å²) in [4.78, 5) is 15.9. The van der Waals surface area contributed by atoms with Gasteiger partial charge in [-0.3, -0.25) is 9.78 Å². The van der Waals surface area contributed by atoms with Gasteiger partial charge in [0.1, 0.15) is 6.04 Å². The van der Waals surface area contributed by atoms with Crippen molar-refractivity contribution in [2.45, 2.75) is 26.4 Å². The van der Waals surface area contributed by atoms with Gasteiger partial charge < -0.3 is 5.32 Å².